The van der Waals surface area contributed by atoms with Gasteiger partial charge in [0, 0.05) is 19.6 Å². The fourth-order valence-corrected chi connectivity index (χ4v) is 1.92. The number of halogens is 1. The lowest BCUT2D eigenvalue weighted by Gasteiger charge is -2.26. The number of carbonyl (C=O) groups is 1. The Morgan fingerprint density at radius 2 is 2.16 bits per heavy atom. The van der Waals surface area contributed by atoms with E-state index >= 15 is 0 Å². The first-order valence-corrected chi connectivity index (χ1v) is 6.19. The van der Waals surface area contributed by atoms with Crippen molar-refractivity contribution in [3.8, 4) is 5.75 Å². The number of carbonyl (C=O) groups excluding carboxylic acids is 1. The zero-order chi connectivity index (χ0) is 13.7. The molecule has 0 bridgehead atoms. The van der Waals surface area contributed by atoms with Crippen molar-refractivity contribution in [1.29, 1.82) is 0 Å². The van der Waals surface area contributed by atoms with E-state index in [-0.39, 0.29) is 11.3 Å². The molecule has 2 N–H and O–H groups in total. The van der Waals surface area contributed by atoms with E-state index < -0.39 is 11.7 Å². The summed E-state index contributed by atoms with van der Waals surface area (Å²) in [6.45, 7) is 4.19. The monoisotopic (exact) mass is 268 g/mol. The van der Waals surface area contributed by atoms with E-state index in [4.69, 9.17) is 15.2 Å². The highest BCUT2D eigenvalue weighted by Crippen LogP contribution is 2.20. The summed E-state index contributed by atoms with van der Waals surface area (Å²) in [5.74, 6) is -1.43. The molecule has 104 valence electrons. The SMILES string of the molecule is NC(=O)c1cccc(OCCN2CCOCC2)c1F. The third-order valence-electron chi connectivity index (χ3n) is 3.00. The molecule has 1 aromatic carbocycles. The fraction of sp³-hybridized carbons (Fsp3) is 0.462. The van der Waals surface area contributed by atoms with Gasteiger partial charge in [0.25, 0.3) is 5.91 Å². The first-order valence-electron chi connectivity index (χ1n) is 6.19. The van der Waals surface area contributed by atoms with Crippen molar-refractivity contribution in [3.05, 3.63) is 29.6 Å². The Morgan fingerprint density at radius 3 is 2.84 bits per heavy atom. The molecular weight excluding hydrogens is 251 g/mol. The Morgan fingerprint density at radius 1 is 1.42 bits per heavy atom. The minimum Gasteiger partial charge on any atom is -0.489 e. The molecule has 0 saturated carbocycles. The summed E-state index contributed by atoms with van der Waals surface area (Å²) >= 11 is 0. The topological polar surface area (TPSA) is 64.8 Å². The van der Waals surface area contributed by atoms with E-state index in [0.29, 0.717) is 26.4 Å². The Hall–Kier alpha value is -1.66. The zero-order valence-corrected chi connectivity index (χ0v) is 10.6. The molecule has 1 aliphatic heterocycles. The molecule has 1 aromatic rings. The molecule has 19 heavy (non-hydrogen) atoms. The van der Waals surface area contributed by atoms with Gasteiger partial charge in [-0.05, 0) is 12.1 Å². The molecule has 0 radical (unpaired) electrons. The number of primary amides is 1. The lowest BCUT2D eigenvalue weighted by atomic mass is 10.2. The molecule has 1 saturated heterocycles. The van der Waals surface area contributed by atoms with Crippen LogP contribution in [-0.2, 0) is 4.74 Å². The van der Waals surface area contributed by atoms with Gasteiger partial charge in [0.15, 0.2) is 11.6 Å². The maximum atomic E-state index is 13.8. The lowest BCUT2D eigenvalue weighted by molar-refractivity contribution is 0.0320. The van der Waals surface area contributed by atoms with Crippen LogP contribution in [0.25, 0.3) is 0 Å². The van der Waals surface area contributed by atoms with Crippen LogP contribution in [0.5, 0.6) is 5.75 Å². The average molecular weight is 268 g/mol. The van der Waals surface area contributed by atoms with Crippen LogP contribution in [-0.4, -0.2) is 50.3 Å². The molecule has 6 heteroatoms. The molecule has 1 amide bonds. The standard InChI is InChI=1S/C13H17FN2O3/c14-12-10(13(15)17)2-1-3-11(12)19-9-6-16-4-7-18-8-5-16/h1-3H,4-9H2,(H2,15,17). The maximum Gasteiger partial charge on any atom is 0.251 e. The minimum absolute atomic E-state index is 0.0598. The Balaban J connectivity index is 1.88. The van der Waals surface area contributed by atoms with Crippen LogP contribution in [0.3, 0.4) is 0 Å². The molecule has 2 rings (SSSR count). The number of rotatable bonds is 5. The van der Waals surface area contributed by atoms with Gasteiger partial charge in [0.1, 0.15) is 6.61 Å². The molecule has 0 spiro atoms. The smallest absolute Gasteiger partial charge is 0.251 e. The van der Waals surface area contributed by atoms with E-state index in [1.165, 1.54) is 12.1 Å². The van der Waals surface area contributed by atoms with Crippen molar-refractivity contribution in [2.75, 3.05) is 39.5 Å². The number of nitrogens with zero attached hydrogens (tertiary/aromatic N) is 1. The average Bonchev–Trinajstić information content (AvgIpc) is 2.41. The normalized spacial score (nSPS) is 16.3. The van der Waals surface area contributed by atoms with Crippen LogP contribution < -0.4 is 10.5 Å². The van der Waals surface area contributed by atoms with Crippen molar-refractivity contribution >= 4 is 5.91 Å². The number of ether oxygens (including phenoxy) is 2. The van der Waals surface area contributed by atoms with Crippen LogP contribution >= 0.6 is 0 Å². The molecule has 0 aliphatic carbocycles. The maximum absolute atomic E-state index is 13.8. The van der Waals surface area contributed by atoms with Gasteiger partial charge in [-0.3, -0.25) is 9.69 Å². The highest BCUT2D eigenvalue weighted by Gasteiger charge is 2.14. The molecule has 0 atom stereocenters. The van der Waals surface area contributed by atoms with Gasteiger partial charge in [-0.15, -0.1) is 0 Å². The number of nitrogens with two attached hydrogens (primary N) is 1. The number of hydrogen-bond donors (Lipinski definition) is 1. The van der Waals surface area contributed by atoms with Gasteiger partial charge in [0.2, 0.25) is 0 Å². The first-order chi connectivity index (χ1) is 9.18. The van der Waals surface area contributed by atoms with E-state index in [0.717, 1.165) is 13.1 Å². The van der Waals surface area contributed by atoms with Crippen molar-refractivity contribution < 1.29 is 18.7 Å². The summed E-state index contributed by atoms with van der Waals surface area (Å²) < 4.78 is 24.4. The fourth-order valence-electron chi connectivity index (χ4n) is 1.92. The molecule has 1 fully saturated rings. The van der Waals surface area contributed by atoms with Crippen molar-refractivity contribution in [2.45, 2.75) is 0 Å². The molecule has 1 heterocycles. The molecule has 0 unspecified atom stereocenters. The Labute approximate surface area is 111 Å². The molecular formula is C13H17FN2O3. The van der Waals surface area contributed by atoms with E-state index in [9.17, 15) is 9.18 Å². The molecule has 1 aliphatic rings. The van der Waals surface area contributed by atoms with Crippen LogP contribution in [0, 0.1) is 5.82 Å². The van der Waals surface area contributed by atoms with Crippen molar-refractivity contribution in [3.63, 3.8) is 0 Å². The summed E-state index contributed by atoms with van der Waals surface area (Å²) in [5.41, 5.74) is 4.92. The number of morpholine rings is 1. The summed E-state index contributed by atoms with van der Waals surface area (Å²) in [7, 11) is 0. The minimum atomic E-state index is -0.795. The van der Waals surface area contributed by atoms with Gasteiger partial charge in [-0.25, -0.2) is 4.39 Å². The van der Waals surface area contributed by atoms with Crippen LogP contribution in [0.4, 0.5) is 4.39 Å². The molecule has 0 aromatic heterocycles. The van der Waals surface area contributed by atoms with Gasteiger partial charge in [0.05, 0.1) is 18.8 Å². The molecule has 5 nitrogen and oxygen atoms in total. The highest BCUT2D eigenvalue weighted by atomic mass is 19.1. The largest absolute Gasteiger partial charge is 0.489 e. The van der Waals surface area contributed by atoms with Crippen LogP contribution in [0.2, 0.25) is 0 Å². The van der Waals surface area contributed by atoms with Gasteiger partial charge in [-0.1, -0.05) is 6.07 Å². The van der Waals surface area contributed by atoms with E-state index in [1.807, 2.05) is 0 Å². The number of amides is 1. The lowest BCUT2D eigenvalue weighted by Crippen LogP contribution is -2.38. The highest BCUT2D eigenvalue weighted by molar-refractivity contribution is 5.93. The second-order valence-electron chi connectivity index (χ2n) is 4.28. The van der Waals surface area contributed by atoms with Crippen LogP contribution in [0.15, 0.2) is 18.2 Å². The van der Waals surface area contributed by atoms with E-state index in [2.05, 4.69) is 4.90 Å². The van der Waals surface area contributed by atoms with Gasteiger partial charge >= 0.3 is 0 Å². The number of hydrogen-bond acceptors (Lipinski definition) is 4. The van der Waals surface area contributed by atoms with Gasteiger partial charge in [-0.2, -0.15) is 0 Å². The predicted molar refractivity (Wildman–Crippen MR) is 67.7 cm³/mol. The third kappa shape index (κ3) is 3.65. The zero-order valence-electron chi connectivity index (χ0n) is 10.6. The second-order valence-corrected chi connectivity index (χ2v) is 4.28. The second kappa shape index (κ2) is 6.49. The van der Waals surface area contributed by atoms with Gasteiger partial charge < -0.3 is 15.2 Å². The van der Waals surface area contributed by atoms with E-state index in [1.54, 1.807) is 6.07 Å². The third-order valence-corrected chi connectivity index (χ3v) is 3.00. The summed E-state index contributed by atoms with van der Waals surface area (Å²) in [4.78, 5) is 13.2. The van der Waals surface area contributed by atoms with Crippen molar-refractivity contribution in [1.82, 2.24) is 4.90 Å². The summed E-state index contributed by atoms with van der Waals surface area (Å²) in [6.07, 6.45) is 0. The number of benzene rings is 1. The summed E-state index contributed by atoms with van der Waals surface area (Å²) in [6, 6.07) is 4.38. The Kier molecular flexibility index (Phi) is 4.70. The quantitative estimate of drug-likeness (QED) is 0.851. The summed E-state index contributed by atoms with van der Waals surface area (Å²) in [5, 5.41) is 0. The van der Waals surface area contributed by atoms with Crippen molar-refractivity contribution in [2.24, 2.45) is 5.73 Å². The first kappa shape index (κ1) is 13.8. The predicted octanol–water partition coefficient (Wildman–Crippen LogP) is 0.636. The van der Waals surface area contributed by atoms with Crippen LogP contribution in [0.1, 0.15) is 10.4 Å². The Bertz CT molecular complexity index is 448.